The van der Waals surface area contributed by atoms with E-state index in [4.69, 9.17) is 5.84 Å². The second-order valence-corrected chi connectivity index (χ2v) is 4.46. The minimum atomic E-state index is -0.423. The predicted molar refractivity (Wildman–Crippen MR) is 77.5 cm³/mol. The summed E-state index contributed by atoms with van der Waals surface area (Å²) in [4.78, 5) is 14.7. The molecule has 21 heavy (non-hydrogen) atoms. The number of nitrogens with zero attached hydrogens (tertiary/aromatic N) is 4. The number of nitro benzene ring substituents is 1. The summed E-state index contributed by atoms with van der Waals surface area (Å²) in [6.07, 6.45) is 1.67. The minimum absolute atomic E-state index is 0.0367. The van der Waals surface area contributed by atoms with Gasteiger partial charge in [-0.15, -0.1) is 0 Å². The molecule has 0 saturated carbocycles. The van der Waals surface area contributed by atoms with Crippen LogP contribution in [0.3, 0.4) is 0 Å². The van der Waals surface area contributed by atoms with Gasteiger partial charge in [0, 0.05) is 17.5 Å². The molecule has 0 radical (unpaired) electrons. The number of non-ortho nitro benzene ring substituents is 1. The van der Waals surface area contributed by atoms with Gasteiger partial charge >= 0.3 is 0 Å². The second-order valence-electron chi connectivity index (χ2n) is 4.46. The summed E-state index contributed by atoms with van der Waals surface area (Å²) in [7, 11) is 0. The molecule has 0 aliphatic rings. The number of nitrogen functional groups attached to an aromatic ring is 1. The quantitative estimate of drug-likeness (QED) is 0.428. The maximum atomic E-state index is 10.9. The van der Waals surface area contributed by atoms with E-state index in [9.17, 15) is 10.1 Å². The zero-order valence-corrected chi connectivity index (χ0v) is 10.9. The number of hydrazine groups is 1. The number of fused-ring (bicyclic) bond motifs is 1. The molecule has 3 rings (SSSR count). The highest BCUT2D eigenvalue weighted by atomic mass is 16.6. The third-order valence-electron chi connectivity index (χ3n) is 3.11. The summed E-state index contributed by atoms with van der Waals surface area (Å²) < 4.78 is 1.67. The lowest BCUT2D eigenvalue weighted by molar-refractivity contribution is -0.384. The molecular formula is C13H12N6O2. The standard InChI is InChI=1S/C13H12N6O2/c14-17-13-3-1-2-10(16-13)8-18-12-6-11(19(20)21)5-4-9(12)7-15-18/h1-7H,8,14H2,(H,16,17). The Labute approximate surface area is 119 Å². The third kappa shape index (κ3) is 2.51. The maximum Gasteiger partial charge on any atom is 0.271 e. The number of pyridine rings is 1. The van der Waals surface area contributed by atoms with E-state index in [1.165, 1.54) is 12.1 Å². The van der Waals surface area contributed by atoms with E-state index in [0.29, 0.717) is 17.9 Å². The van der Waals surface area contributed by atoms with Crippen LogP contribution in [0.4, 0.5) is 11.5 Å². The van der Waals surface area contributed by atoms with Gasteiger partial charge in [-0.1, -0.05) is 6.07 Å². The molecule has 0 bridgehead atoms. The smallest absolute Gasteiger partial charge is 0.271 e. The second kappa shape index (κ2) is 5.17. The van der Waals surface area contributed by atoms with Gasteiger partial charge in [0.05, 0.1) is 28.9 Å². The van der Waals surface area contributed by atoms with Crippen LogP contribution >= 0.6 is 0 Å². The Hall–Kier alpha value is -3.00. The van der Waals surface area contributed by atoms with Crippen LogP contribution in [0.5, 0.6) is 0 Å². The fourth-order valence-corrected chi connectivity index (χ4v) is 2.10. The lowest BCUT2D eigenvalue weighted by Crippen LogP contribution is -2.10. The van der Waals surface area contributed by atoms with Crippen molar-refractivity contribution >= 4 is 22.4 Å². The van der Waals surface area contributed by atoms with E-state index >= 15 is 0 Å². The van der Waals surface area contributed by atoms with Crippen molar-refractivity contribution in [1.82, 2.24) is 14.8 Å². The first-order chi connectivity index (χ1) is 10.2. The van der Waals surface area contributed by atoms with E-state index in [2.05, 4.69) is 15.5 Å². The molecular weight excluding hydrogens is 272 g/mol. The number of hydrogen-bond acceptors (Lipinski definition) is 6. The number of anilines is 1. The van der Waals surface area contributed by atoms with Crippen LogP contribution in [0.15, 0.2) is 42.6 Å². The number of nitro groups is 1. The van der Waals surface area contributed by atoms with Crippen LogP contribution in [0.2, 0.25) is 0 Å². The van der Waals surface area contributed by atoms with Gasteiger partial charge in [0.2, 0.25) is 0 Å². The molecule has 1 aromatic carbocycles. The van der Waals surface area contributed by atoms with Gasteiger partial charge in [-0.2, -0.15) is 5.10 Å². The molecule has 3 N–H and O–H groups in total. The number of rotatable bonds is 4. The lowest BCUT2D eigenvalue weighted by Gasteiger charge is -2.05. The largest absolute Gasteiger partial charge is 0.308 e. The van der Waals surface area contributed by atoms with Crippen molar-refractivity contribution in [2.75, 3.05) is 5.43 Å². The van der Waals surface area contributed by atoms with E-state index < -0.39 is 4.92 Å². The molecule has 0 saturated heterocycles. The Morgan fingerprint density at radius 2 is 2.19 bits per heavy atom. The van der Waals surface area contributed by atoms with Crippen molar-refractivity contribution in [2.45, 2.75) is 6.54 Å². The molecule has 0 spiro atoms. The average molecular weight is 284 g/mol. The number of nitrogens with two attached hydrogens (primary N) is 1. The van der Waals surface area contributed by atoms with Crippen molar-refractivity contribution in [3.63, 3.8) is 0 Å². The van der Waals surface area contributed by atoms with Crippen molar-refractivity contribution in [3.8, 4) is 0 Å². The molecule has 0 fully saturated rings. The monoisotopic (exact) mass is 284 g/mol. The molecule has 8 heteroatoms. The van der Waals surface area contributed by atoms with E-state index in [1.54, 1.807) is 23.0 Å². The Morgan fingerprint density at radius 1 is 1.33 bits per heavy atom. The van der Waals surface area contributed by atoms with Crippen molar-refractivity contribution in [1.29, 1.82) is 0 Å². The van der Waals surface area contributed by atoms with Gasteiger partial charge in [-0.05, 0) is 18.2 Å². The van der Waals surface area contributed by atoms with Crippen LogP contribution in [0.1, 0.15) is 5.69 Å². The number of hydrogen-bond donors (Lipinski definition) is 2. The SMILES string of the molecule is NNc1cccc(Cn2ncc3ccc([N+](=O)[O-])cc32)n1. The van der Waals surface area contributed by atoms with E-state index in [-0.39, 0.29) is 5.69 Å². The lowest BCUT2D eigenvalue weighted by atomic mass is 10.2. The van der Waals surface area contributed by atoms with Crippen molar-refractivity contribution in [3.05, 3.63) is 58.4 Å². The first-order valence-corrected chi connectivity index (χ1v) is 6.20. The summed E-state index contributed by atoms with van der Waals surface area (Å²) in [5.74, 6) is 5.88. The molecule has 3 aromatic rings. The van der Waals surface area contributed by atoms with Crippen molar-refractivity contribution in [2.24, 2.45) is 5.84 Å². The van der Waals surface area contributed by atoms with Crippen LogP contribution in [0, 0.1) is 10.1 Å². The summed E-state index contributed by atoms with van der Waals surface area (Å²) in [5.41, 5.74) is 3.96. The van der Waals surface area contributed by atoms with Crippen LogP contribution in [0.25, 0.3) is 10.9 Å². The van der Waals surface area contributed by atoms with Gasteiger partial charge in [-0.3, -0.25) is 14.8 Å². The molecule has 0 atom stereocenters. The Balaban J connectivity index is 1.99. The molecule has 8 nitrogen and oxygen atoms in total. The molecule has 2 aromatic heterocycles. The Bertz CT molecular complexity index is 813. The highest BCUT2D eigenvalue weighted by Gasteiger charge is 2.10. The fraction of sp³-hybridized carbons (Fsp3) is 0.0769. The number of aromatic nitrogens is 3. The Kier molecular flexibility index (Phi) is 3.20. The molecule has 0 aliphatic carbocycles. The van der Waals surface area contributed by atoms with E-state index in [0.717, 1.165) is 11.1 Å². The molecule has 0 aliphatic heterocycles. The highest BCUT2D eigenvalue weighted by Crippen LogP contribution is 2.21. The summed E-state index contributed by atoms with van der Waals surface area (Å²) in [6.45, 7) is 0.403. The first kappa shape index (κ1) is 13.0. The van der Waals surface area contributed by atoms with Gasteiger partial charge in [0.15, 0.2) is 0 Å². The number of nitrogens with one attached hydrogen (secondary N) is 1. The minimum Gasteiger partial charge on any atom is -0.308 e. The van der Waals surface area contributed by atoms with Crippen LogP contribution in [-0.2, 0) is 6.54 Å². The maximum absolute atomic E-state index is 10.9. The van der Waals surface area contributed by atoms with Crippen molar-refractivity contribution < 1.29 is 4.92 Å². The van der Waals surface area contributed by atoms with Gasteiger partial charge < -0.3 is 5.43 Å². The van der Waals surface area contributed by atoms with Gasteiger partial charge in [-0.25, -0.2) is 10.8 Å². The number of benzene rings is 1. The average Bonchev–Trinajstić information content (AvgIpc) is 2.90. The highest BCUT2D eigenvalue weighted by molar-refractivity contribution is 5.81. The van der Waals surface area contributed by atoms with Crippen LogP contribution in [-0.4, -0.2) is 19.7 Å². The normalized spacial score (nSPS) is 10.7. The summed E-state index contributed by atoms with van der Waals surface area (Å²) in [6, 6.07) is 10.1. The summed E-state index contributed by atoms with van der Waals surface area (Å²) >= 11 is 0. The zero-order valence-electron chi connectivity index (χ0n) is 10.9. The molecule has 0 amide bonds. The van der Waals surface area contributed by atoms with Gasteiger partial charge in [0.1, 0.15) is 5.82 Å². The van der Waals surface area contributed by atoms with Crippen LogP contribution < -0.4 is 11.3 Å². The zero-order chi connectivity index (χ0) is 14.8. The molecule has 106 valence electrons. The topological polar surface area (TPSA) is 112 Å². The first-order valence-electron chi connectivity index (χ1n) is 6.20. The Morgan fingerprint density at radius 3 is 2.95 bits per heavy atom. The molecule has 0 unspecified atom stereocenters. The van der Waals surface area contributed by atoms with Gasteiger partial charge in [0.25, 0.3) is 5.69 Å². The molecule has 2 heterocycles. The third-order valence-corrected chi connectivity index (χ3v) is 3.11. The predicted octanol–water partition coefficient (Wildman–Crippen LogP) is 1.67. The summed E-state index contributed by atoms with van der Waals surface area (Å²) in [5, 5.41) is 16.0. The fourth-order valence-electron chi connectivity index (χ4n) is 2.10. The van der Waals surface area contributed by atoms with E-state index in [1.807, 2.05) is 12.1 Å².